The van der Waals surface area contributed by atoms with Crippen molar-refractivity contribution < 1.29 is 27.2 Å². The largest absolute Gasteiger partial charge is 0.444 e. The van der Waals surface area contributed by atoms with Crippen LogP contribution in [-0.4, -0.2) is 50.5 Å². The van der Waals surface area contributed by atoms with E-state index in [4.69, 9.17) is 14.5 Å². The van der Waals surface area contributed by atoms with Crippen molar-refractivity contribution in [3.63, 3.8) is 0 Å². The van der Waals surface area contributed by atoms with Crippen LogP contribution in [0.25, 0.3) is 10.4 Å². The number of benzene rings is 1. The molecule has 0 aliphatic heterocycles. The number of amides is 1. The average Bonchev–Trinajstić information content (AvgIpc) is 3.49. The summed E-state index contributed by atoms with van der Waals surface area (Å²) in [5.41, 5.74) is 8.62. The summed E-state index contributed by atoms with van der Waals surface area (Å²) in [4.78, 5) is 15.0. The number of aryl methyl sites for hydroxylation is 1. The molecule has 3 atom stereocenters. The van der Waals surface area contributed by atoms with Crippen molar-refractivity contribution in [2.45, 2.75) is 63.2 Å². The van der Waals surface area contributed by atoms with Crippen LogP contribution in [0.15, 0.2) is 34.3 Å². The SMILES string of the molecule is Cc1cccc(S(=O)(=O)OCC(NC(=O)OC(C)(C)C)C(O)C(CN=[N+]=[N-])C2CC2)c1. The second-order valence-corrected chi connectivity index (χ2v) is 10.3. The van der Waals surface area contributed by atoms with Crippen LogP contribution in [0.1, 0.15) is 39.2 Å². The van der Waals surface area contributed by atoms with Gasteiger partial charge in [-0.05, 0) is 75.6 Å². The summed E-state index contributed by atoms with van der Waals surface area (Å²) in [6.45, 7) is 6.34. The van der Waals surface area contributed by atoms with Crippen LogP contribution in [0, 0.1) is 18.8 Å². The number of carbonyl (C=O) groups excluding carboxylic acids is 1. The van der Waals surface area contributed by atoms with Crippen LogP contribution in [0.5, 0.6) is 0 Å². The van der Waals surface area contributed by atoms with Gasteiger partial charge in [0, 0.05) is 11.5 Å². The Bertz CT molecular complexity index is 920. The molecule has 1 fully saturated rings. The minimum atomic E-state index is -4.11. The molecule has 10 nitrogen and oxygen atoms in total. The third-order valence-electron chi connectivity index (χ3n) is 4.82. The molecule has 2 N–H and O–H groups in total. The first-order chi connectivity index (χ1) is 14.4. The van der Waals surface area contributed by atoms with Gasteiger partial charge in [0.2, 0.25) is 0 Å². The molecule has 1 aliphatic rings. The van der Waals surface area contributed by atoms with E-state index in [1.165, 1.54) is 12.1 Å². The number of ether oxygens (including phenoxy) is 1. The van der Waals surface area contributed by atoms with Gasteiger partial charge in [-0.3, -0.25) is 4.18 Å². The smallest absolute Gasteiger partial charge is 0.408 e. The van der Waals surface area contributed by atoms with E-state index in [1.54, 1.807) is 39.8 Å². The second kappa shape index (κ2) is 10.3. The predicted octanol–water partition coefficient (Wildman–Crippen LogP) is 3.29. The van der Waals surface area contributed by atoms with Gasteiger partial charge < -0.3 is 15.2 Å². The first-order valence-electron chi connectivity index (χ1n) is 10.1. The maximum atomic E-state index is 12.6. The highest BCUT2D eigenvalue weighted by Crippen LogP contribution is 2.39. The Kier molecular flexibility index (Phi) is 8.30. The Hall–Kier alpha value is -2.33. The van der Waals surface area contributed by atoms with Crippen molar-refractivity contribution in [3.8, 4) is 0 Å². The molecule has 0 saturated heterocycles. The minimum absolute atomic E-state index is 0.0224. The number of azide groups is 1. The van der Waals surface area contributed by atoms with E-state index in [2.05, 4.69) is 15.3 Å². The van der Waals surface area contributed by atoms with Crippen molar-refractivity contribution in [3.05, 3.63) is 40.3 Å². The molecule has 0 spiro atoms. The van der Waals surface area contributed by atoms with Crippen LogP contribution in [-0.2, 0) is 19.0 Å². The zero-order valence-corrected chi connectivity index (χ0v) is 19.0. The fourth-order valence-electron chi connectivity index (χ4n) is 3.18. The topological polar surface area (TPSA) is 151 Å². The number of alkyl carbamates (subject to hydrolysis) is 1. The quantitative estimate of drug-likeness (QED) is 0.240. The van der Waals surface area contributed by atoms with E-state index >= 15 is 0 Å². The zero-order chi connectivity index (χ0) is 23.2. The lowest BCUT2D eigenvalue weighted by molar-refractivity contribution is 0.0208. The summed E-state index contributed by atoms with van der Waals surface area (Å²) in [5, 5.41) is 17.0. The minimum Gasteiger partial charge on any atom is -0.444 e. The number of rotatable bonds is 10. The van der Waals surface area contributed by atoms with E-state index in [1.807, 2.05) is 0 Å². The highest BCUT2D eigenvalue weighted by atomic mass is 32.2. The molecular formula is C20H30N4O6S. The highest BCUT2D eigenvalue weighted by molar-refractivity contribution is 7.86. The van der Waals surface area contributed by atoms with E-state index in [9.17, 15) is 18.3 Å². The highest BCUT2D eigenvalue weighted by Gasteiger charge is 2.40. The van der Waals surface area contributed by atoms with Gasteiger partial charge in [0.15, 0.2) is 0 Å². The van der Waals surface area contributed by atoms with E-state index in [-0.39, 0.29) is 17.4 Å². The Morgan fingerprint density at radius 1 is 1.39 bits per heavy atom. The fraction of sp³-hybridized carbons (Fsp3) is 0.650. The van der Waals surface area contributed by atoms with Crippen molar-refractivity contribution >= 4 is 16.2 Å². The van der Waals surface area contributed by atoms with Gasteiger partial charge in [-0.15, -0.1) is 0 Å². The standard InChI is InChI=1S/C20H30N4O6S/c1-13-6-5-7-15(10-13)31(27,28)29-12-17(23-19(26)30-20(2,3)4)18(25)16(11-22-24-21)14-8-9-14/h5-7,10,14,16-18,25H,8-9,11-12H2,1-4H3,(H,23,26). The molecule has 3 unspecified atom stereocenters. The maximum absolute atomic E-state index is 12.6. The molecule has 31 heavy (non-hydrogen) atoms. The Morgan fingerprint density at radius 3 is 2.61 bits per heavy atom. The molecule has 1 saturated carbocycles. The van der Waals surface area contributed by atoms with Gasteiger partial charge in [-0.2, -0.15) is 8.42 Å². The Balaban J connectivity index is 2.19. The zero-order valence-electron chi connectivity index (χ0n) is 18.2. The second-order valence-electron chi connectivity index (χ2n) is 8.71. The molecule has 0 bridgehead atoms. The van der Waals surface area contributed by atoms with Gasteiger partial charge in [-0.25, -0.2) is 4.79 Å². The molecule has 1 aliphatic carbocycles. The fourth-order valence-corrected chi connectivity index (χ4v) is 4.21. The van der Waals surface area contributed by atoms with Crippen LogP contribution in [0.2, 0.25) is 0 Å². The molecule has 1 aromatic carbocycles. The van der Waals surface area contributed by atoms with Crippen LogP contribution in [0.4, 0.5) is 4.79 Å². The lowest BCUT2D eigenvalue weighted by atomic mass is 9.92. The molecular weight excluding hydrogens is 424 g/mol. The van der Waals surface area contributed by atoms with Crippen LogP contribution in [0.3, 0.4) is 0 Å². The third kappa shape index (κ3) is 8.02. The molecule has 0 radical (unpaired) electrons. The molecule has 1 amide bonds. The summed E-state index contributed by atoms with van der Waals surface area (Å²) in [6, 6.07) is 5.14. The number of nitrogens with one attached hydrogen (secondary N) is 1. The molecule has 11 heteroatoms. The summed E-state index contributed by atoms with van der Waals surface area (Å²) < 4.78 is 35.6. The number of nitrogens with zero attached hydrogens (tertiary/aromatic N) is 3. The average molecular weight is 455 g/mol. The van der Waals surface area contributed by atoms with Crippen molar-refractivity contribution in [2.24, 2.45) is 17.0 Å². The first kappa shape index (κ1) is 24.9. The van der Waals surface area contributed by atoms with Gasteiger partial charge in [-0.1, -0.05) is 17.2 Å². The first-order valence-corrected chi connectivity index (χ1v) is 11.5. The summed E-state index contributed by atoms with van der Waals surface area (Å²) in [7, 11) is -4.11. The Morgan fingerprint density at radius 2 is 2.06 bits per heavy atom. The van der Waals surface area contributed by atoms with Crippen LogP contribution >= 0.6 is 0 Å². The summed E-state index contributed by atoms with van der Waals surface area (Å²) in [5.74, 6) is -0.321. The van der Waals surface area contributed by atoms with Crippen molar-refractivity contribution in [1.82, 2.24) is 5.32 Å². The van der Waals surface area contributed by atoms with Crippen molar-refractivity contribution in [2.75, 3.05) is 13.2 Å². The summed E-state index contributed by atoms with van der Waals surface area (Å²) in [6.07, 6.45) is -0.307. The molecule has 0 aromatic heterocycles. The third-order valence-corrected chi connectivity index (χ3v) is 6.09. The lowest BCUT2D eigenvalue weighted by Gasteiger charge is -2.30. The van der Waals surface area contributed by atoms with Crippen LogP contribution < -0.4 is 5.32 Å². The van der Waals surface area contributed by atoms with Gasteiger partial charge in [0.05, 0.1) is 23.6 Å². The maximum Gasteiger partial charge on any atom is 0.408 e. The number of aliphatic hydroxyl groups excluding tert-OH is 1. The Labute approximate surface area is 182 Å². The van der Waals surface area contributed by atoms with Gasteiger partial charge in [0.25, 0.3) is 10.1 Å². The summed E-state index contributed by atoms with van der Waals surface area (Å²) >= 11 is 0. The predicted molar refractivity (Wildman–Crippen MR) is 114 cm³/mol. The van der Waals surface area contributed by atoms with E-state index in [0.717, 1.165) is 18.4 Å². The van der Waals surface area contributed by atoms with Crippen molar-refractivity contribution in [1.29, 1.82) is 0 Å². The lowest BCUT2D eigenvalue weighted by Crippen LogP contribution is -2.51. The van der Waals surface area contributed by atoms with E-state index in [0.29, 0.717) is 0 Å². The number of carbonyl (C=O) groups is 1. The molecule has 2 rings (SSSR count). The number of hydrogen-bond donors (Lipinski definition) is 2. The normalized spacial score (nSPS) is 17.2. The van der Waals surface area contributed by atoms with Gasteiger partial charge >= 0.3 is 6.09 Å². The molecule has 0 heterocycles. The number of aliphatic hydroxyl groups is 1. The van der Waals surface area contributed by atoms with E-state index < -0.39 is 46.5 Å². The van der Waals surface area contributed by atoms with Gasteiger partial charge in [0.1, 0.15) is 5.60 Å². The molecule has 172 valence electrons. The monoisotopic (exact) mass is 454 g/mol. The molecule has 1 aromatic rings. The number of hydrogen-bond acceptors (Lipinski definition) is 7.